The molecule has 552 valence electrons. The number of thioether (sulfide) groups is 1. The van der Waals surface area contributed by atoms with E-state index in [2.05, 4.69) is 0 Å². The summed E-state index contributed by atoms with van der Waals surface area (Å²) in [5.41, 5.74) is 0.801. The van der Waals surface area contributed by atoms with Gasteiger partial charge in [0, 0.05) is 37.1 Å². The summed E-state index contributed by atoms with van der Waals surface area (Å²) in [4.78, 5) is 98.5. The van der Waals surface area contributed by atoms with Crippen LogP contribution in [0.4, 0.5) is 0 Å². The van der Waals surface area contributed by atoms with Crippen molar-refractivity contribution in [2.75, 3.05) is 26.9 Å². The molecule has 0 bridgehead atoms. The molecule has 0 radical (unpaired) electrons. The van der Waals surface area contributed by atoms with Gasteiger partial charge in [0.2, 0.25) is 0 Å². The number of benzene rings is 6. The van der Waals surface area contributed by atoms with Gasteiger partial charge in [0.15, 0.2) is 68.1 Å². The molecule has 6 aliphatic heterocycles. The van der Waals surface area contributed by atoms with E-state index in [4.69, 9.17) is 90.0 Å². The summed E-state index contributed by atoms with van der Waals surface area (Å²) >= 11 is 1.36. The zero-order valence-electron chi connectivity index (χ0n) is 57.4. The fourth-order valence-corrected chi connectivity index (χ4v) is 14.0. The van der Waals surface area contributed by atoms with E-state index < -0.39 is 183 Å². The number of aliphatic hydroxyl groups excluding tert-OH is 1. The lowest BCUT2D eigenvalue weighted by Gasteiger charge is -2.53. The van der Waals surface area contributed by atoms with Gasteiger partial charge >= 0.3 is 41.8 Å². The van der Waals surface area contributed by atoms with Crippen LogP contribution < -0.4 is 0 Å². The number of carbonyl (C=O) groups excluding carboxylic acids is 7. The van der Waals surface area contributed by atoms with E-state index in [0.717, 1.165) is 21.0 Å². The highest BCUT2D eigenvalue weighted by Crippen LogP contribution is 2.45. The Morgan fingerprint density at radius 2 is 0.904 bits per heavy atom. The van der Waals surface area contributed by atoms with Crippen molar-refractivity contribution >= 4 is 53.5 Å². The highest BCUT2D eigenvalue weighted by Gasteiger charge is 2.62. The summed E-state index contributed by atoms with van der Waals surface area (Å²) in [5, 5.41) is 13.3. The summed E-state index contributed by atoms with van der Waals surface area (Å²) in [6.45, 7) is 6.09. The number of carbonyl (C=O) groups is 7. The predicted molar refractivity (Wildman–Crippen MR) is 360 cm³/mol. The van der Waals surface area contributed by atoms with Gasteiger partial charge in [0.05, 0.1) is 43.6 Å². The summed E-state index contributed by atoms with van der Waals surface area (Å²) in [6.07, 6.45) is -33.8. The molecule has 0 saturated carbocycles. The lowest BCUT2D eigenvalue weighted by Crippen LogP contribution is -2.70. The summed E-state index contributed by atoms with van der Waals surface area (Å²) in [6, 6.07) is 49.6. The second-order valence-corrected chi connectivity index (χ2v) is 27.0. The van der Waals surface area contributed by atoms with Gasteiger partial charge in [-0.2, -0.15) is 0 Å². The Hall–Kier alpha value is -8.56. The second kappa shape index (κ2) is 35.0. The first-order valence-electron chi connectivity index (χ1n) is 33.9. The number of hydrogen-bond donors (Lipinski definition) is 1. The maximum Gasteiger partial charge on any atom is 0.339 e. The molecular weight excluding hydrogens is 1380 g/mol. The third kappa shape index (κ3) is 18.2. The van der Waals surface area contributed by atoms with Crippen molar-refractivity contribution in [3.8, 4) is 0 Å². The van der Waals surface area contributed by atoms with Crippen molar-refractivity contribution in [3.63, 3.8) is 0 Å². The van der Waals surface area contributed by atoms with Gasteiger partial charge in [-0.1, -0.05) is 159 Å². The molecule has 6 heterocycles. The van der Waals surface area contributed by atoms with Crippen LogP contribution in [-0.4, -0.2) is 201 Å². The molecule has 0 amide bonds. The molecule has 12 rings (SSSR count). The van der Waals surface area contributed by atoms with Crippen LogP contribution in [0.15, 0.2) is 182 Å². The van der Waals surface area contributed by atoms with Gasteiger partial charge in [-0.15, -0.1) is 11.8 Å². The van der Waals surface area contributed by atoms with E-state index >= 15 is 0 Å². The van der Waals surface area contributed by atoms with E-state index in [1.165, 1.54) is 55.1 Å². The fraction of sp³-hybridized carbons (Fsp3) is 0.434. The second-order valence-electron chi connectivity index (χ2n) is 25.3. The minimum atomic E-state index is -2.20. The van der Waals surface area contributed by atoms with E-state index in [1.807, 2.05) is 44.2 Å². The number of ether oxygens (including phenoxy) is 19. The lowest BCUT2D eigenvalue weighted by molar-refractivity contribution is -0.413. The van der Waals surface area contributed by atoms with Crippen molar-refractivity contribution in [2.45, 2.75) is 181 Å². The standard InChI is InChI=1S/C76H80O27S/c1-41(2)104-76-66(91-44(5)79)60(57-53(94-76)40-89-72(99-57)50-35-23-12-24-36-50)101-73-54(80)58(55-52(92-73)39-88-71(98-55)49-33-21-11-22-34-49)100-74-64(87-37-45-25-13-7-14-26-45)59(56(90-43(4)78)51(93-74)38-86-42(3)77)102-75-65(97-69(83)48-31-19-10-20-32-48)62(96-68(82)47-29-17-9-18-30-47)61(63(103-75)70(84)85-6)95-67(81)46-27-15-8-16-28-46/h7-36,41,51-66,71-76,80H,37-40H2,1-6H3/t51-,52-,53-,54+,55-,56+,57+,58-,59+,60+,61+,62+,63+,64-,65-,66-,71?,72?,73-,74-,75-,76+/m1/s1. The average Bonchev–Trinajstić information content (AvgIpc) is 0.756. The summed E-state index contributed by atoms with van der Waals surface area (Å²) in [7, 11) is 1.02. The van der Waals surface area contributed by atoms with Crippen molar-refractivity contribution in [3.05, 3.63) is 215 Å². The fourth-order valence-electron chi connectivity index (χ4n) is 12.9. The van der Waals surface area contributed by atoms with Gasteiger partial charge in [-0.3, -0.25) is 14.4 Å². The van der Waals surface area contributed by atoms with Crippen molar-refractivity contribution in [1.82, 2.24) is 0 Å². The first-order chi connectivity index (χ1) is 50.4. The predicted octanol–water partition coefficient (Wildman–Crippen LogP) is 7.63. The Bertz CT molecular complexity index is 3830. The topological polar surface area (TPSA) is 315 Å². The largest absolute Gasteiger partial charge is 0.467 e. The summed E-state index contributed by atoms with van der Waals surface area (Å²) < 4.78 is 124. The van der Waals surface area contributed by atoms with Crippen LogP contribution in [0.1, 0.15) is 95.0 Å². The van der Waals surface area contributed by atoms with E-state index in [9.17, 15) is 38.7 Å². The Morgan fingerprint density at radius 1 is 0.452 bits per heavy atom. The molecule has 1 N–H and O–H groups in total. The van der Waals surface area contributed by atoms with E-state index in [0.29, 0.717) is 16.7 Å². The van der Waals surface area contributed by atoms with Crippen LogP contribution in [0.5, 0.6) is 0 Å². The van der Waals surface area contributed by atoms with Crippen molar-refractivity contribution in [1.29, 1.82) is 0 Å². The number of aliphatic hydroxyl groups is 1. The smallest absolute Gasteiger partial charge is 0.339 e. The lowest BCUT2D eigenvalue weighted by atomic mass is 9.94. The first kappa shape index (κ1) is 75.1. The molecule has 28 heteroatoms. The van der Waals surface area contributed by atoms with Gasteiger partial charge in [-0.25, -0.2) is 19.2 Å². The molecular formula is C76H80O27S. The summed E-state index contributed by atoms with van der Waals surface area (Å²) in [5.74, 6) is -6.82. The van der Waals surface area contributed by atoms with Gasteiger partial charge in [0.1, 0.15) is 73.1 Å². The Labute approximate surface area is 602 Å². The van der Waals surface area contributed by atoms with Gasteiger partial charge in [0.25, 0.3) is 0 Å². The van der Waals surface area contributed by atoms with Crippen LogP contribution in [0.25, 0.3) is 0 Å². The molecule has 6 fully saturated rings. The minimum Gasteiger partial charge on any atom is -0.467 e. The maximum absolute atomic E-state index is 14.8. The van der Waals surface area contributed by atoms with Crippen molar-refractivity contribution < 1.29 is 129 Å². The van der Waals surface area contributed by atoms with Crippen LogP contribution in [0.3, 0.4) is 0 Å². The van der Waals surface area contributed by atoms with Crippen LogP contribution in [0.2, 0.25) is 0 Å². The molecule has 6 saturated heterocycles. The third-order valence-electron chi connectivity index (χ3n) is 17.6. The van der Waals surface area contributed by atoms with Crippen molar-refractivity contribution in [2.24, 2.45) is 0 Å². The Balaban J connectivity index is 0.984. The zero-order chi connectivity index (χ0) is 73.0. The minimum absolute atomic E-state index is 0.00179. The first-order valence-corrected chi connectivity index (χ1v) is 34.9. The molecule has 2 unspecified atom stereocenters. The quantitative estimate of drug-likeness (QED) is 0.0449. The van der Waals surface area contributed by atoms with E-state index in [-0.39, 0.29) is 41.8 Å². The van der Waals surface area contributed by atoms with Gasteiger partial charge < -0.3 is 95.1 Å². The number of esters is 7. The Kier molecular flexibility index (Phi) is 25.3. The molecule has 0 aromatic heterocycles. The van der Waals surface area contributed by atoms with Crippen LogP contribution >= 0.6 is 11.8 Å². The highest BCUT2D eigenvalue weighted by molar-refractivity contribution is 8.00. The van der Waals surface area contributed by atoms with Gasteiger partial charge in [-0.05, 0) is 42.0 Å². The number of fused-ring (bicyclic) bond motifs is 2. The average molecular weight is 1460 g/mol. The monoisotopic (exact) mass is 1460 g/mol. The third-order valence-corrected chi connectivity index (χ3v) is 18.8. The molecule has 104 heavy (non-hydrogen) atoms. The molecule has 6 aliphatic rings. The molecule has 6 aromatic rings. The molecule has 6 aromatic carbocycles. The number of hydrogen-bond acceptors (Lipinski definition) is 28. The van der Waals surface area contributed by atoms with Crippen LogP contribution in [0, 0.1) is 0 Å². The maximum atomic E-state index is 14.8. The van der Waals surface area contributed by atoms with Crippen LogP contribution in [-0.2, 0) is 116 Å². The highest BCUT2D eigenvalue weighted by atomic mass is 32.2. The number of methoxy groups -OCH3 is 1. The zero-order valence-corrected chi connectivity index (χ0v) is 58.2. The number of rotatable bonds is 24. The molecule has 27 nitrogen and oxygen atoms in total. The normalized spacial score (nSPS) is 31.7. The molecule has 0 aliphatic carbocycles. The van der Waals surface area contributed by atoms with E-state index in [1.54, 1.807) is 115 Å². The molecule has 0 spiro atoms. The SMILES string of the molecule is COC(=O)[C@H]1O[C@@H](O[C@H]2[C@@H](OC(C)=O)[C@@H](COC(C)=O)O[C@H](O[C@@H]3[C@H](O)[C@@H](O[C@H]4[C@H]5OC(c6ccccc6)OC[C@H]5O[C@@H](SC(C)C)[C@@H]4OC(C)=O)O[C@@H]4COC(c5ccccc5)O[C@@H]34)[C@@H]2OCc2ccccc2)[C@H](OC(=O)c2ccccc2)[C@@H](OC(=O)c2ccccc2)[C@@H]1OC(=O)c1ccccc1. The Morgan fingerprint density at radius 3 is 1.41 bits per heavy atom. The molecule has 22 atom stereocenters.